The molecule has 0 aromatic carbocycles. The number of carbonyl (C=O) groups is 2. The lowest BCUT2D eigenvalue weighted by Gasteiger charge is -2.15. The monoisotopic (exact) mass is 329 g/mol. The van der Waals surface area contributed by atoms with Gasteiger partial charge in [-0.3, -0.25) is 14.0 Å². The SMILES string of the molecule is O=C(NCCCN1CCCC1=O)Nc1cnc2ccccn2c1=O. The molecule has 2 aromatic heterocycles. The number of rotatable bonds is 5. The van der Waals surface area contributed by atoms with Crippen LogP contribution in [0.4, 0.5) is 10.5 Å². The molecule has 3 amide bonds. The minimum absolute atomic E-state index is 0.117. The van der Waals surface area contributed by atoms with E-state index >= 15 is 0 Å². The fourth-order valence-electron chi connectivity index (χ4n) is 2.69. The Morgan fingerprint density at radius 1 is 1.29 bits per heavy atom. The number of nitrogens with zero attached hydrogens (tertiary/aromatic N) is 3. The molecule has 0 aliphatic carbocycles. The third kappa shape index (κ3) is 3.53. The largest absolute Gasteiger partial charge is 0.343 e. The van der Waals surface area contributed by atoms with Crippen LogP contribution in [-0.4, -0.2) is 45.9 Å². The molecule has 2 N–H and O–H groups in total. The summed E-state index contributed by atoms with van der Waals surface area (Å²) in [5, 5.41) is 5.19. The summed E-state index contributed by atoms with van der Waals surface area (Å²) in [7, 11) is 0. The van der Waals surface area contributed by atoms with Gasteiger partial charge >= 0.3 is 6.03 Å². The van der Waals surface area contributed by atoms with Gasteiger partial charge in [0.15, 0.2) is 0 Å². The molecule has 3 heterocycles. The van der Waals surface area contributed by atoms with Crippen LogP contribution in [0.1, 0.15) is 19.3 Å². The Labute approximate surface area is 138 Å². The highest BCUT2D eigenvalue weighted by atomic mass is 16.2. The summed E-state index contributed by atoms with van der Waals surface area (Å²) in [6.45, 7) is 1.86. The van der Waals surface area contributed by atoms with Gasteiger partial charge in [0, 0.05) is 32.3 Å². The third-order valence-corrected chi connectivity index (χ3v) is 3.92. The molecule has 0 spiro atoms. The summed E-state index contributed by atoms with van der Waals surface area (Å²) in [6, 6.07) is 4.76. The zero-order valence-electron chi connectivity index (χ0n) is 13.2. The fourth-order valence-corrected chi connectivity index (χ4v) is 2.69. The van der Waals surface area contributed by atoms with E-state index in [0.29, 0.717) is 31.6 Å². The van der Waals surface area contributed by atoms with Crippen LogP contribution in [-0.2, 0) is 4.79 Å². The molecule has 24 heavy (non-hydrogen) atoms. The van der Waals surface area contributed by atoms with Gasteiger partial charge in [-0.1, -0.05) is 6.07 Å². The van der Waals surface area contributed by atoms with E-state index in [2.05, 4.69) is 15.6 Å². The predicted molar refractivity (Wildman–Crippen MR) is 88.9 cm³/mol. The van der Waals surface area contributed by atoms with Crippen molar-refractivity contribution in [3.05, 3.63) is 40.9 Å². The first kappa shape index (κ1) is 16.0. The summed E-state index contributed by atoms with van der Waals surface area (Å²) in [5.41, 5.74) is 0.299. The number of amides is 3. The highest BCUT2D eigenvalue weighted by Crippen LogP contribution is 2.09. The molecule has 8 nitrogen and oxygen atoms in total. The standard InChI is InChI=1S/C16H19N5O3/c22-14-6-3-8-20(14)9-4-7-17-16(24)19-12-11-18-13-5-1-2-10-21(13)15(12)23/h1-2,5,10-11H,3-4,6-9H2,(H2,17,19,24). The minimum atomic E-state index is -0.461. The molecule has 0 unspecified atom stereocenters. The van der Waals surface area contributed by atoms with Crippen molar-refractivity contribution >= 4 is 23.3 Å². The van der Waals surface area contributed by atoms with Crippen molar-refractivity contribution < 1.29 is 9.59 Å². The number of hydrogen-bond acceptors (Lipinski definition) is 4. The van der Waals surface area contributed by atoms with E-state index in [4.69, 9.17) is 0 Å². The van der Waals surface area contributed by atoms with E-state index in [1.54, 1.807) is 29.3 Å². The second kappa shape index (κ2) is 7.12. The Morgan fingerprint density at radius 2 is 2.17 bits per heavy atom. The normalized spacial score (nSPS) is 14.2. The van der Waals surface area contributed by atoms with Crippen LogP contribution in [0, 0.1) is 0 Å². The van der Waals surface area contributed by atoms with Gasteiger partial charge in [-0.05, 0) is 25.0 Å². The molecule has 1 aliphatic rings. The number of fused-ring (bicyclic) bond motifs is 1. The number of nitrogens with one attached hydrogen (secondary N) is 2. The van der Waals surface area contributed by atoms with Crippen LogP contribution in [0.25, 0.3) is 5.65 Å². The molecule has 1 aliphatic heterocycles. The summed E-state index contributed by atoms with van der Waals surface area (Å²) in [5.74, 6) is 0.176. The molecule has 1 fully saturated rings. The number of urea groups is 1. The zero-order chi connectivity index (χ0) is 16.9. The second-order valence-electron chi connectivity index (χ2n) is 5.62. The topological polar surface area (TPSA) is 95.8 Å². The van der Waals surface area contributed by atoms with Gasteiger partial charge in [-0.2, -0.15) is 0 Å². The zero-order valence-corrected chi connectivity index (χ0v) is 13.2. The number of carbonyl (C=O) groups excluding carboxylic acids is 2. The third-order valence-electron chi connectivity index (χ3n) is 3.92. The Balaban J connectivity index is 1.51. The maximum atomic E-state index is 12.2. The van der Waals surface area contributed by atoms with Gasteiger partial charge in [0.2, 0.25) is 5.91 Å². The Bertz CT molecular complexity index is 817. The van der Waals surface area contributed by atoms with Crippen LogP contribution in [0.5, 0.6) is 0 Å². The molecule has 0 radical (unpaired) electrons. The molecule has 2 aromatic rings. The molecule has 0 saturated carbocycles. The van der Waals surface area contributed by atoms with Gasteiger partial charge in [0.05, 0.1) is 6.20 Å². The van der Waals surface area contributed by atoms with Crippen molar-refractivity contribution in [1.29, 1.82) is 0 Å². The van der Waals surface area contributed by atoms with Gasteiger partial charge < -0.3 is 15.5 Å². The summed E-state index contributed by atoms with van der Waals surface area (Å²) < 4.78 is 1.37. The van der Waals surface area contributed by atoms with Crippen molar-refractivity contribution in [3.63, 3.8) is 0 Å². The van der Waals surface area contributed by atoms with Gasteiger partial charge in [0.1, 0.15) is 11.3 Å². The average molecular weight is 329 g/mol. The van der Waals surface area contributed by atoms with Crippen LogP contribution >= 0.6 is 0 Å². The van der Waals surface area contributed by atoms with E-state index in [1.165, 1.54) is 10.6 Å². The lowest BCUT2D eigenvalue weighted by Crippen LogP contribution is -2.34. The van der Waals surface area contributed by atoms with Crippen LogP contribution < -0.4 is 16.2 Å². The Morgan fingerprint density at radius 3 is 2.96 bits per heavy atom. The van der Waals surface area contributed by atoms with Gasteiger partial charge in [-0.15, -0.1) is 0 Å². The van der Waals surface area contributed by atoms with E-state index in [-0.39, 0.29) is 17.2 Å². The quantitative estimate of drug-likeness (QED) is 0.794. The van der Waals surface area contributed by atoms with E-state index in [9.17, 15) is 14.4 Å². The highest BCUT2D eigenvalue weighted by molar-refractivity contribution is 5.88. The number of likely N-dealkylation sites (tertiary alicyclic amines) is 1. The van der Waals surface area contributed by atoms with E-state index in [0.717, 1.165) is 13.0 Å². The van der Waals surface area contributed by atoms with Crippen molar-refractivity contribution in [1.82, 2.24) is 19.6 Å². The molecule has 8 heteroatoms. The van der Waals surface area contributed by atoms with Crippen molar-refractivity contribution in [2.75, 3.05) is 25.0 Å². The number of hydrogen-bond donors (Lipinski definition) is 2. The number of pyridine rings is 1. The molecule has 0 atom stereocenters. The summed E-state index contributed by atoms with van der Waals surface area (Å²) in [4.78, 5) is 41.5. The fraction of sp³-hybridized carbons (Fsp3) is 0.375. The Hall–Kier alpha value is -2.90. The van der Waals surface area contributed by atoms with Crippen LogP contribution in [0.3, 0.4) is 0 Å². The lowest BCUT2D eigenvalue weighted by molar-refractivity contribution is -0.127. The number of aromatic nitrogens is 2. The van der Waals surface area contributed by atoms with Crippen molar-refractivity contribution in [2.45, 2.75) is 19.3 Å². The molecule has 1 saturated heterocycles. The molecular weight excluding hydrogens is 310 g/mol. The minimum Gasteiger partial charge on any atom is -0.343 e. The average Bonchev–Trinajstić information content (AvgIpc) is 3.00. The van der Waals surface area contributed by atoms with Crippen LogP contribution in [0.2, 0.25) is 0 Å². The first-order valence-corrected chi connectivity index (χ1v) is 7.94. The maximum absolute atomic E-state index is 12.2. The molecule has 0 bridgehead atoms. The highest BCUT2D eigenvalue weighted by Gasteiger charge is 2.19. The predicted octanol–water partition coefficient (Wildman–Crippen LogP) is 0.828. The summed E-state index contributed by atoms with van der Waals surface area (Å²) >= 11 is 0. The van der Waals surface area contributed by atoms with E-state index in [1.807, 2.05) is 0 Å². The van der Waals surface area contributed by atoms with Gasteiger partial charge in [0.25, 0.3) is 5.56 Å². The molecule has 126 valence electrons. The van der Waals surface area contributed by atoms with E-state index < -0.39 is 6.03 Å². The summed E-state index contributed by atoms with van der Waals surface area (Å²) in [6.07, 6.45) is 5.15. The van der Waals surface area contributed by atoms with Gasteiger partial charge in [-0.25, -0.2) is 9.78 Å². The first-order chi connectivity index (χ1) is 11.6. The molecular formula is C16H19N5O3. The van der Waals surface area contributed by atoms with Crippen molar-refractivity contribution in [3.8, 4) is 0 Å². The smallest absolute Gasteiger partial charge is 0.319 e. The number of anilines is 1. The maximum Gasteiger partial charge on any atom is 0.319 e. The molecule has 3 rings (SSSR count). The van der Waals surface area contributed by atoms with Crippen LogP contribution in [0.15, 0.2) is 35.4 Å². The second-order valence-corrected chi connectivity index (χ2v) is 5.62. The first-order valence-electron chi connectivity index (χ1n) is 7.94. The lowest BCUT2D eigenvalue weighted by atomic mass is 10.4. The Kier molecular flexibility index (Phi) is 4.74. The van der Waals surface area contributed by atoms with Crippen molar-refractivity contribution in [2.24, 2.45) is 0 Å².